The first-order valence-electron chi connectivity index (χ1n) is 8.99. The normalized spacial score (nSPS) is 11.7. The lowest BCUT2D eigenvalue weighted by molar-refractivity contribution is -0.116. The Morgan fingerprint density at radius 2 is 2.07 bits per heavy atom. The van der Waals surface area contributed by atoms with Gasteiger partial charge < -0.3 is 16.0 Å². The summed E-state index contributed by atoms with van der Waals surface area (Å²) in [5.74, 6) is -1.24. The Bertz CT molecular complexity index is 1260. The molecule has 0 fully saturated rings. The van der Waals surface area contributed by atoms with E-state index in [1.165, 1.54) is 17.4 Å². The Balaban J connectivity index is 1.41. The minimum Gasteiger partial charge on any atom is -0.375 e. The highest BCUT2D eigenvalue weighted by atomic mass is 32.1. The Hall–Kier alpha value is -3.26. The van der Waals surface area contributed by atoms with Crippen molar-refractivity contribution in [3.05, 3.63) is 64.9 Å². The molecule has 4 N–H and O–H groups in total. The Morgan fingerprint density at radius 1 is 1.28 bits per heavy atom. The zero-order valence-electron chi connectivity index (χ0n) is 15.6. The van der Waals surface area contributed by atoms with E-state index >= 15 is 0 Å². The van der Waals surface area contributed by atoms with Gasteiger partial charge in [0, 0.05) is 23.7 Å². The van der Waals surface area contributed by atoms with E-state index in [1.54, 1.807) is 13.0 Å². The standard InChI is InChI=1S/C21H18F2N4OS/c1-11-13(19-14(22)4-5-15(23)20(19)26-11)8-9-25-18(28)7-3-12-2-6-16-17(10-12)29-21(24)27-16/h2-7,10,26H,8-9H2,1H3,(H2,24,27)(H,25,28). The van der Waals surface area contributed by atoms with Crippen LogP contribution in [0, 0.1) is 18.6 Å². The van der Waals surface area contributed by atoms with Gasteiger partial charge in [-0.05, 0) is 54.8 Å². The number of aromatic nitrogens is 2. The van der Waals surface area contributed by atoms with Crippen LogP contribution in [0.15, 0.2) is 36.4 Å². The predicted octanol–water partition coefficient (Wildman–Crippen LogP) is 4.32. The molecule has 0 aliphatic heterocycles. The van der Waals surface area contributed by atoms with Gasteiger partial charge in [0.05, 0.1) is 15.7 Å². The molecule has 0 aliphatic carbocycles. The molecule has 4 rings (SSSR count). The summed E-state index contributed by atoms with van der Waals surface area (Å²) in [5.41, 5.74) is 8.89. The number of carbonyl (C=O) groups excluding carboxylic acids is 1. The van der Waals surface area contributed by atoms with Crippen LogP contribution in [-0.4, -0.2) is 22.4 Å². The minimum atomic E-state index is -0.498. The Labute approximate surface area is 169 Å². The first-order valence-corrected chi connectivity index (χ1v) is 9.81. The molecule has 29 heavy (non-hydrogen) atoms. The summed E-state index contributed by atoms with van der Waals surface area (Å²) in [6, 6.07) is 7.84. The number of hydrogen-bond donors (Lipinski definition) is 3. The number of hydrogen-bond acceptors (Lipinski definition) is 4. The lowest BCUT2D eigenvalue weighted by Crippen LogP contribution is -2.23. The first kappa shape index (κ1) is 19.1. The van der Waals surface area contributed by atoms with Crippen LogP contribution >= 0.6 is 11.3 Å². The summed E-state index contributed by atoms with van der Waals surface area (Å²) < 4.78 is 29.0. The summed E-state index contributed by atoms with van der Waals surface area (Å²) in [6.07, 6.45) is 3.53. The number of benzene rings is 2. The predicted molar refractivity (Wildman–Crippen MR) is 113 cm³/mol. The molecular formula is C21H18F2N4OS. The molecule has 0 saturated heterocycles. The number of aromatic amines is 1. The number of fused-ring (bicyclic) bond motifs is 2. The summed E-state index contributed by atoms with van der Waals surface area (Å²) >= 11 is 1.39. The van der Waals surface area contributed by atoms with Crippen LogP contribution in [0.1, 0.15) is 16.8 Å². The maximum atomic E-state index is 14.2. The van der Waals surface area contributed by atoms with Crippen LogP contribution in [-0.2, 0) is 11.2 Å². The monoisotopic (exact) mass is 412 g/mol. The van der Waals surface area contributed by atoms with Crippen molar-refractivity contribution in [2.75, 3.05) is 12.3 Å². The van der Waals surface area contributed by atoms with Crippen molar-refractivity contribution in [2.24, 2.45) is 0 Å². The number of nitrogens with zero attached hydrogens (tertiary/aromatic N) is 1. The quantitative estimate of drug-likeness (QED) is 0.427. The lowest BCUT2D eigenvalue weighted by atomic mass is 10.1. The van der Waals surface area contributed by atoms with Crippen LogP contribution in [0.25, 0.3) is 27.2 Å². The van der Waals surface area contributed by atoms with Crippen LogP contribution < -0.4 is 11.1 Å². The highest BCUT2D eigenvalue weighted by Crippen LogP contribution is 2.27. The number of anilines is 1. The van der Waals surface area contributed by atoms with Crippen LogP contribution in [0.4, 0.5) is 13.9 Å². The van der Waals surface area contributed by atoms with Gasteiger partial charge in [-0.2, -0.15) is 0 Å². The first-order chi connectivity index (χ1) is 13.9. The van der Waals surface area contributed by atoms with Crippen molar-refractivity contribution in [2.45, 2.75) is 13.3 Å². The third kappa shape index (κ3) is 3.84. The molecule has 0 atom stereocenters. The fourth-order valence-corrected chi connectivity index (χ4v) is 4.12. The van der Waals surface area contributed by atoms with E-state index in [0.717, 1.165) is 27.9 Å². The van der Waals surface area contributed by atoms with Gasteiger partial charge in [0.15, 0.2) is 5.13 Å². The fourth-order valence-electron chi connectivity index (χ4n) is 3.34. The van der Waals surface area contributed by atoms with Gasteiger partial charge in [-0.1, -0.05) is 17.4 Å². The molecule has 0 unspecified atom stereocenters. The molecular weight excluding hydrogens is 394 g/mol. The second-order valence-electron chi connectivity index (χ2n) is 6.66. The third-order valence-electron chi connectivity index (χ3n) is 4.70. The summed E-state index contributed by atoms with van der Waals surface area (Å²) in [7, 11) is 0. The molecule has 8 heteroatoms. The van der Waals surface area contributed by atoms with Gasteiger partial charge in [0.2, 0.25) is 5.91 Å². The van der Waals surface area contributed by atoms with E-state index in [1.807, 2.05) is 18.2 Å². The van der Waals surface area contributed by atoms with Crippen molar-refractivity contribution in [1.29, 1.82) is 0 Å². The molecule has 1 amide bonds. The summed E-state index contributed by atoms with van der Waals surface area (Å²) in [4.78, 5) is 19.2. The van der Waals surface area contributed by atoms with E-state index in [9.17, 15) is 13.6 Å². The van der Waals surface area contributed by atoms with E-state index < -0.39 is 11.6 Å². The van der Waals surface area contributed by atoms with Crippen molar-refractivity contribution in [3.63, 3.8) is 0 Å². The van der Waals surface area contributed by atoms with Crippen molar-refractivity contribution >= 4 is 49.6 Å². The fraction of sp³-hybridized carbons (Fsp3) is 0.143. The Kier molecular flexibility index (Phi) is 5.02. The number of thiazole rings is 1. The summed E-state index contributed by atoms with van der Waals surface area (Å²) in [6.45, 7) is 2.07. The molecule has 4 aromatic rings. The number of rotatable bonds is 5. The number of aryl methyl sites for hydroxylation is 1. The molecule has 0 radical (unpaired) electrons. The molecule has 0 saturated carbocycles. The van der Waals surface area contributed by atoms with Crippen LogP contribution in [0.2, 0.25) is 0 Å². The van der Waals surface area contributed by atoms with Crippen molar-refractivity contribution in [3.8, 4) is 0 Å². The second kappa shape index (κ2) is 7.63. The molecule has 0 bridgehead atoms. The number of nitrogens with two attached hydrogens (primary N) is 1. The number of nitrogen functional groups attached to an aromatic ring is 1. The number of carbonyl (C=O) groups is 1. The zero-order valence-corrected chi connectivity index (χ0v) is 16.4. The van der Waals surface area contributed by atoms with Crippen LogP contribution in [0.3, 0.4) is 0 Å². The topological polar surface area (TPSA) is 83.8 Å². The van der Waals surface area contributed by atoms with Gasteiger partial charge in [-0.15, -0.1) is 0 Å². The third-order valence-corrected chi connectivity index (χ3v) is 5.55. The van der Waals surface area contributed by atoms with E-state index in [0.29, 0.717) is 29.4 Å². The van der Waals surface area contributed by atoms with Gasteiger partial charge in [-0.25, -0.2) is 13.8 Å². The smallest absolute Gasteiger partial charge is 0.244 e. The van der Waals surface area contributed by atoms with Crippen molar-refractivity contribution in [1.82, 2.24) is 15.3 Å². The molecule has 5 nitrogen and oxygen atoms in total. The van der Waals surface area contributed by atoms with Gasteiger partial charge in [-0.3, -0.25) is 4.79 Å². The molecule has 2 heterocycles. The second-order valence-corrected chi connectivity index (χ2v) is 7.72. The largest absolute Gasteiger partial charge is 0.375 e. The molecule has 2 aromatic carbocycles. The van der Waals surface area contributed by atoms with Gasteiger partial charge >= 0.3 is 0 Å². The average molecular weight is 412 g/mol. The molecule has 0 aliphatic rings. The zero-order chi connectivity index (χ0) is 20.5. The van der Waals surface area contributed by atoms with Gasteiger partial charge in [0.1, 0.15) is 11.6 Å². The van der Waals surface area contributed by atoms with E-state index in [2.05, 4.69) is 15.3 Å². The van der Waals surface area contributed by atoms with Crippen LogP contribution in [0.5, 0.6) is 0 Å². The SMILES string of the molecule is Cc1[nH]c2c(F)ccc(F)c2c1CCNC(=O)C=Cc1ccc2nc(N)sc2c1. The lowest BCUT2D eigenvalue weighted by Gasteiger charge is -2.04. The summed E-state index contributed by atoms with van der Waals surface area (Å²) in [5, 5.41) is 3.52. The highest BCUT2D eigenvalue weighted by molar-refractivity contribution is 7.22. The molecule has 0 spiro atoms. The molecule has 148 valence electrons. The number of halogens is 2. The average Bonchev–Trinajstić information content (AvgIpc) is 3.22. The number of nitrogens with one attached hydrogen (secondary N) is 2. The van der Waals surface area contributed by atoms with Crippen molar-refractivity contribution < 1.29 is 13.6 Å². The number of H-pyrrole nitrogens is 1. The maximum Gasteiger partial charge on any atom is 0.244 e. The van der Waals surface area contributed by atoms with Gasteiger partial charge in [0.25, 0.3) is 0 Å². The van der Waals surface area contributed by atoms with E-state index in [-0.39, 0.29) is 16.8 Å². The maximum absolute atomic E-state index is 14.2. The minimum absolute atomic E-state index is 0.155. The highest BCUT2D eigenvalue weighted by Gasteiger charge is 2.15. The number of amides is 1. The molecule has 2 aromatic heterocycles. The Morgan fingerprint density at radius 3 is 2.90 bits per heavy atom. The van der Waals surface area contributed by atoms with E-state index in [4.69, 9.17) is 5.73 Å².